The Hall–Kier alpha value is -3.35. The predicted molar refractivity (Wildman–Crippen MR) is 116 cm³/mol. The summed E-state index contributed by atoms with van der Waals surface area (Å²) in [5, 5.41) is 11.8. The van der Waals surface area contributed by atoms with Crippen LogP contribution in [0.5, 0.6) is 0 Å². The molecule has 2 heterocycles. The number of aliphatic imine (C=N–C) groups is 1. The summed E-state index contributed by atoms with van der Waals surface area (Å²) in [4.78, 5) is 9.60. The molecular weight excluding hydrogens is 362 g/mol. The lowest BCUT2D eigenvalue weighted by atomic mass is 10.2. The Morgan fingerprint density at radius 1 is 0.931 bits per heavy atom. The number of nitrogens with zero attached hydrogens (tertiary/aromatic N) is 6. The van der Waals surface area contributed by atoms with E-state index in [9.17, 15) is 0 Å². The van der Waals surface area contributed by atoms with Crippen molar-refractivity contribution in [2.75, 3.05) is 37.6 Å². The molecule has 0 saturated carbocycles. The topological polar surface area (TPSA) is 61.6 Å². The van der Waals surface area contributed by atoms with Gasteiger partial charge in [0.05, 0.1) is 0 Å². The standard InChI is InChI=1S/C22H27N7/c1-2-23-22(28-15-13-27(14-16-28)19-9-5-3-6-10-19)24-17-21-26-25-18-29(21)20-11-7-4-8-12-20/h3-12,18H,2,13-17H2,1H3,(H,23,24). The van der Waals surface area contributed by atoms with Gasteiger partial charge in [0, 0.05) is 44.1 Å². The number of benzene rings is 2. The minimum Gasteiger partial charge on any atom is -0.368 e. The summed E-state index contributed by atoms with van der Waals surface area (Å²) in [7, 11) is 0. The second kappa shape index (κ2) is 9.23. The molecule has 1 aliphatic heterocycles. The molecule has 7 heteroatoms. The lowest BCUT2D eigenvalue weighted by molar-refractivity contribution is 0.372. The van der Waals surface area contributed by atoms with Gasteiger partial charge in [0.25, 0.3) is 0 Å². The first-order chi connectivity index (χ1) is 14.3. The van der Waals surface area contributed by atoms with Crippen molar-refractivity contribution < 1.29 is 0 Å². The molecule has 1 saturated heterocycles. The summed E-state index contributed by atoms with van der Waals surface area (Å²) in [6.45, 7) is 7.25. The van der Waals surface area contributed by atoms with Crippen LogP contribution in [0.1, 0.15) is 12.7 Å². The van der Waals surface area contributed by atoms with E-state index in [-0.39, 0.29) is 0 Å². The molecule has 0 unspecified atom stereocenters. The molecule has 0 amide bonds. The zero-order valence-electron chi connectivity index (χ0n) is 16.8. The van der Waals surface area contributed by atoms with Crippen molar-refractivity contribution in [1.29, 1.82) is 0 Å². The van der Waals surface area contributed by atoms with Crippen molar-refractivity contribution in [2.45, 2.75) is 13.5 Å². The van der Waals surface area contributed by atoms with E-state index in [2.05, 4.69) is 62.6 Å². The molecule has 0 aliphatic carbocycles. The van der Waals surface area contributed by atoms with Crippen LogP contribution in [0, 0.1) is 0 Å². The van der Waals surface area contributed by atoms with E-state index in [1.54, 1.807) is 6.33 Å². The van der Waals surface area contributed by atoms with Crippen molar-refractivity contribution >= 4 is 11.6 Å². The number of hydrogen-bond donors (Lipinski definition) is 1. The minimum absolute atomic E-state index is 0.482. The summed E-state index contributed by atoms with van der Waals surface area (Å²) in [6.07, 6.45) is 1.74. The first-order valence-corrected chi connectivity index (χ1v) is 10.1. The molecule has 1 N–H and O–H groups in total. The Balaban J connectivity index is 1.44. The van der Waals surface area contributed by atoms with E-state index < -0.39 is 0 Å². The molecule has 1 aromatic heterocycles. The smallest absolute Gasteiger partial charge is 0.194 e. The lowest BCUT2D eigenvalue weighted by Gasteiger charge is -2.37. The normalized spacial score (nSPS) is 14.9. The Morgan fingerprint density at radius 2 is 1.59 bits per heavy atom. The van der Waals surface area contributed by atoms with Crippen molar-refractivity contribution in [2.24, 2.45) is 4.99 Å². The lowest BCUT2D eigenvalue weighted by Crippen LogP contribution is -2.52. The molecule has 150 valence electrons. The van der Waals surface area contributed by atoms with Crippen LogP contribution in [0.3, 0.4) is 0 Å². The van der Waals surface area contributed by atoms with Crippen molar-refractivity contribution in [3.8, 4) is 5.69 Å². The minimum atomic E-state index is 0.482. The summed E-state index contributed by atoms with van der Waals surface area (Å²) < 4.78 is 1.99. The molecular formula is C22H27N7. The quantitative estimate of drug-likeness (QED) is 0.537. The Kier molecular flexibility index (Phi) is 6.04. The molecule has 0 bridgehead atoms. The average Bonchev–Trinajstić information content (AvgIpc) is 3.27. The van der Waals surface area contributed by atoms with Crippen molar-refractivity contribution in [3.05, 3.63) is 72.8 Å². The third-order valence-electron chi connectivity index (χ3n) is 5.06. The van der Waals surface area contributed by atoms with Gasteiger partial charge in [-0.05, 0) is 31.2 Å². The van der Waals surface area contributed by atoms with E-state index >= 15 is 0 Å². The fraction of sp³-hybridized carbons (Fsp3) is 0.318. The van der Waals surface area contributed by atoms with E-state index in [4.69, 9.17) is 4.99 Å². The zero-order chi connectivity index (χ0) is 19.9. The van der Waals surface area contributed by atoms with Crippen LogP contribution >= 0.6 is 0 Å². The maximum Gasteiger partial charge on any atom is 0.194 e. The summed E-state index contributed by atoms with van der Waals surface area (Å²) in [5.41, 5.74) is 2.33. The molecule has 1 aliphatic rings. The monoisotopic (exact) mass is 389 g/mol. The van der Waals surface area contributed by atoms with Crippen LogP contribution in [-0.4, -0.2) is 58.3 Å². The van der Waals surface area contributed by atoms with Gasteiger partial charge < -0.3 is 15.1 Å². The second-order valence-electron chi connectivity index (χ2n) is 6.93. The van der Waals surface area contributed by atoms with Crippen molar-refractivity contribution in [1.82, 2.24) is 25.0 Å². The van der Waals surface area contributed by atoms with Gasteiger partial charge in [-0.25, -0.2) is 4.99 Å². The maximum absolute atomic E-state index is 4.85. The first kappa shape index (κ1) is 19.0. The summed E-state index contributed by atoms with van der Waals surface area (Å²) in [6, 6.07) is 20.7. The van der Waals surface area contributed by atoms with Gasteiger partial charge in [0.15, 0.2) is 11.8 Å². The Labute approximate surface area is 171 Å². The van der Waals surface area contributed by atoms with E-state index in [0.29, 0.717) is 6.54 Å². The number of piperazine rings is 1. The van der Waals surface area contributed by atoms with Crippen LogP contribution in [0.4, 0.5) is 5.69 Å². The summed E-state index contributed by atoms with van der Waals surface area (Å²) >= 11 is 0. The zero-order valence-corrected chi connectivity index (χ0v) is 16.8. The largest absolute Gasteiger partial charge is 0.368 e. The number of hydrogen-bond acceptors (Lipinski definition) is 4. The molecule has 0 atom stereocenters. The molecule has 2 aromatic carbocycles. The third kappa shape index (κ3) is 4.56. The maximum atomic E-state index is 4.85. The molecule has 1 fully saturated rings. The highest BCUT2D eigenvalue weighted by Crippen LogP contribution is 2.16. The van der Waals surface area contributed by atoms with Crippen molar-refractivity contribution in [3.63, 3.8) is 0 Å². The highest BCUT2D eigenvalue weighted by Gasteiger charge is 2.20. The van der Waals surface area contributed by atoms with Crippen LogP contribution in [0.25, 0.3) is 5.69 Å². The predicted octanol–water partition coefficient (Wildman–Crippen LogP) is 2.56. The van der Waals surface area contributed by atoms with Crippen LogP contribution in [0.15, 0.2) is 72.0 Å². The number of guanidine groups is 1. The van der Waals surface area contributed by atoms with E-state index in [1.165, 1.54) is 5.69 Å². The molecule has 3 aromatic rings. The van der Waals surface area contributed by atoms with E-state index in [1.807, 2.05) is 34.9 Å². The molecule has 29 heavy (non-hydrogen) atoms. The van der Waals surface area contributed by atoms with Gasteiger partial charge >= 0.3 is 0 Å². The Bertz CT molecular complexity index is 913. The molecule has 0 radical (unpaired) electrons. The third-order valence-corrected chi connectivity index (χ3v) is 5.06. The molecule has 0 spiro atoms. The van der Waals surface area contributed by atoms with Gasteiger partial charge in [-0.3, -0.25) is 4.57 Å². The fourth-order valence-electron chi connectivity index (χ4n) is 3.56. The first-order valence-electron chi connectivity index (χ1n) is 10.1. The van der Waals surface area contributed by atoms with Crippen LogP contribution in [-0.2, 0) is 6.54 Å². The second-order valence-corrected chi connectivity index (χ2v) is 6.93. The number of para-hydroxylation sites is 2. The van der Waals surface area contributed by atoms with Gasteiger partial charge in [0.1, 0.15) is 12.9 Å². The Morgan fingerprint density at radius 3 is 2.24 bits per heavy atom. The fourth-order valence-corrected chi connectivity index (χ4v) is 3.56. The van der Waals surface area contributed by atoms with Crippen LogP contribution in [0.2, 0.25) is 0 Å². The highest BCUT2D eigenvalue weighted by atomic mass is 15.4. The molecule has 4 rings (SSSR count). The molecule has 7 nitrogen and oxygen atoms in total. The number of aromatic nitrogens is 3. The van der Waals surface area contributed by atoms with Gasteiger partial charge in [-0.1, -0.05) is 36.4 Å². The van der Waals surface area contributed by atoms with E-state index in [0.717, 1.165) is 50.2 Å². The number of nitrogens with one attached hydrogen (secondary N) is 1. The number of anilines is 1. The highest BCUT2D eigenvalue weighted by molar-refractivity contribution is 5.80. The van der Waals surface area contributed by atoms with Crippen LogP contribution < -0.4 is 10.2 Å². The summed E-state index contributed by atoms with van der Waals surface area (Å²) in [5.74, 6) is 1.76. The average molecular weight is 390 g/mol. The number of rotatable bonds is 5. The van der Waals surface area contributed by atoms with Gasteiger partial charge in [-0.15, -0.1) is 10.2 Å². The van der Waals surface area contributed by atoms with Gasteiger partial charge in [0.2, 0.25) is 0 Å². The SMILES string of the molecule is CCNC(=NCc1nncn1-c1ccccc1)N1CCN(c2ccccc2)CC1. The van der Waals surface area contributed by atoms with Gasteiger partial charge in [-0.2, -0.15) is 0 Å².